The summed E-state index contributed by atoms with van der Waals surface area (Å²) >= 11 is 1.72. The molecule has 3 rings (SSSR count). The highest BCUT2D eigenvalue weighted by Gasteiger charge is 2.26. The summed E-state index contributed by atoms with van der Waals surface area (Å²) in [4.78, 5) is 21.4. The Morgan fingerprint density at radius 1 is 1.24 bits per heavy atom. The number of thioether (sulfide) groups is 1. The first-order valence-corrected chi connectivity index (χ1v) is 6.28. The standard InChI is InChI=1S/C11H11N5S/c1-11(2)5-17-10(16-11)8-4-13-7-3-12-6-14-9(7)15-8/h3-4,6H,5H2,1-2H3. The summed E-state index contributed by atoms with van der Waals surface area (Å²) in [7, 11) is 0. The van der Waals surface area contributed by atoms with Gasteiger partial charge < -0.3 is 0 Å². The molecular weight excluding hydrogens is 234 g/mol. The van der Waals surface area contributed by atoms with Gasteiger partial charge in [0.1, 0.15) is 22.6 Å². The summed E-state index contributed by atoms with van der Waals surface area (Å²) in [6.45, 7) is 4.23. The van der Waals surface area contributed by atoms with E-state index in [9.17, 15) is 0 Å². The van der Waals surface area contributed by atoms with Gasteiger partial charge in [0, 0.05) is 5.75 Å². The largest absolute Gasteiger partial charge is 0.269 e. The predicted molar refractivity (Wildman–Crippen MR) is 68.2 cm³/mol. The van der Waals surface area contributed by atoms with Gasteiger partial charge in [0.05, 0.1) is 17.9 Å². The van der Waals surface area contributed by atoms with Crippen molar-refractivity contribution in [1.82, 2.24) is 19.9 Å². The Morgan fingerprint density at radius 3 is 2.88 bits per heavy atom. The van der Waals surface area contributed by atoms with Gasteiger partial charge in [-0.15, -0.1) is 11.8 Å². The van der Waals surface area contributed by atoms with Gasteiger partial charge in [-0.2, -0.15) is 0 Å². The minimum absolute atomic E-state index is 0.0116. The fraction of sp³-hybridized carbons (Fsp3) is 0.364. The normalized spacial score (nSPS) is 18.4. The zero-order valence-corrected chi connectivity index (χ0v) is 10.4. The zero-order chi connectivity index (χ0) is 11.9. The summed E-state index contributed by atoms with van der Waals surface area (Å²) in [5, 5.41) is 0.947. The van der Waals surface area contributed by atoms with E-state index >= 15 is 0 Å². The van der Waals surface area contributed by atoms with Gasteiger partial charge in [0.2, 0.25) is 0 Å². The van der Waals surface area contributed by atoms with Gasteiger partial charge >= 0.3 is 0 Å². The van der Waals surface area contributed by atoms with Crippen molar-refractivity contribution >= 4 is 28.0 Å². The van der Waals surface area contributed by atoms with Gasteiger partial charge in [-0.1, -0.05) is 0 Å². The van der Waals surface area contributed by atoms with Crippen molar-refractivity contribution in [3.05, 3.63) is 24.4 Å². The molecule has 86 valence electrons. The summed E-state index contributed by atoms with van der Waals surface area (Å²) in [6.07, 6.45) is 4.87. The van der Waals surface area contributed by atoms with Crippen LogP contribution in [0.4, 0.5) is 0 Å². The molecule has 3 heterocycles. The van der Waals surface area contributed by atoms with Gasteiger partial charge in [0.15, 0.2) is 5.65 Å². The minimum Gasteiger partial charge on any atom is -0.269 e. The molecule has 6 heteroatoms. The maximum absolute atomic E-state index is 4.63. The number of aromatic nitrogens is 4. The van der Waals surface area contributed by atoms with Crippen LogP contribution >= 0.6 is 11.8 Å². The van der Waals surface area contributed by atoms with Crippen molar-refractivity contribution in [2.24, 2.45) is 4.99 Å². The van der Waals surface area contributed by atoms with Crippen LogP contribution in [0.3, 0.4) is 0 Å². The van der Waals surface area contributed by atoms with Crippen LogP contribution < -0.4 is 0 Å². The van der Waals surface area contributed by atoms with E-state index in [4.69, 9.17) is 0 Å². The molecule has 0 aromatic carbocycles. The number of hydrogen-bond donors (Lipinski definition) is 0. The summed E-state index contributed by atoms with van der Waals surface area (Å²) < 4.78 is 0. The molecule has 1 aliphatic rings. The molecule has 0 radical (unpaired) electrons. The first-order valence-electron chi connectivity index (χ1n) is 5.30. The second-order valence-electron chi connectivity index (χ2n) is 4.50. The molecule has 0 saturated heterocycles. The number of rotatable bonds is 1. The maximum Gasteiger partial charge on any atom is 0.181 e. The second kappa shape index (κ2) is 3.73. The second-order valence-corrected chi connectivity index (χ2v) is 5.47. The Bertz CT molecular complexity index is 608. The van der Waals surface area contributed by atoms with Crippen LogP contribution in [0.15, 0.2) is 23.7 Å². The third kappa shape index (κ3) is 2.00. The number of aliphatic imine (C=N–C) groups is 1. The van der Waals surface area contributed by atoms with E-state index in [0.29, 0.717) is 11.2 Å². The quantitative estimate of drug-likeness (QED) is 0.765. The van der Waals surface area contributed by atoms with E-state index in [1.807, 2.05) is 0 Å². The Kier molecular flexibility index (Phi) is 2.32. The SMILES string of the molecule is CC1(C)CSC(c2cnc3cncnc3n2)=N1. The Hall–Kier alpha value is -1.56. The average Bonchev–Trinajstić information content (AvgIpc) is 2.69. The van der Waals surface area contributed by atoms with Crippen molar-refractivity contribution < 1.29 is 0 Å². The third-order valence-corrected chi connectivity index (χ3v) is 3.83. The Morgan fingerprint density at radius 2 is 2.12 bits per heavy atom. The Labute approximate surface area is 103 Å². The highest BCUT2D eigenvalue weighted by Crippen LogP contribution is 2.29. The molecule has 0 unspecified atom stereocenters. The van der Waals surface area contributed by atoms with E-state index in [2.05, 4.69) is 38.8 Å². The predicted octanol–water partition coefficient (Wildman–Crippen LogP) is 1.69. The van der Waals surface area contributed by atoms with Crippen LogP contribution in [0.5, 0.6) is 0 Å². The van der Waals surface area contributed by atoms with Gasteiger partial charge in [-0.3, -0.25) is 4.99 Å². The highest BCUT2D eigenvalue weighted by molar-refractivity contribution is 8.14. The molecule has 0 N–H and O–H groups in total. The summed E-state index contributed by atoms with van der Waals surface area (Å²) in [5.41, 5.74) is 2.11. The molecule has 0 spiro atoms. The maximum atomic E-state index is 4.63. The molecule has 2 aromatic heterocycles. The van der Waals surface area contributed by atoms with Gasteiger partial charge in [-0.25, -0.2) is 19.9 Å². The van der Waals surface area contributed by atoms with Crippen LogP contribution in [-0.2, 0) is 0 Å². The molecule has 0 aliphatic carbocycles. The zero-order valence-electron chi connectivity index (χ0n) is 9.58. The molecule has 0 fully saturated rings. The highest BCUT2D eigenvalue weighted by atomic mass is 32.2. The van der Waals surface area contributed by atoms with Crippen molar-refractivity contribution in [2.75, 3.05) is 5.75 Å². The van der Waals surface area contributed by atoms with E-state index in [0.717, 1.165) is 16.5 Å². The van der Waals surface area contributed by atoms with E-state index in [-0.39, 0.29) is 5.54 Å². The molecule has 17 heavy (non-hydrogen) atoms. The minimum atomic E-state index is -0.0116. The third-order valence-electron chi connectivity index (χ3n) is 2.41. The van der Waals surface area contributed by atoms with Crippen LogP contribution in [0.25, 0.3) is 11.2 Å². The smallest absolute Gasteiger partial charge is 0.181 e. The monoisotopic (exact) mass is 245 g/mol. The Balaban J connectivity index is 2.07. The number of fused-ring (bicyclic) bond motifs is 1. The lowest BCUT2D eigenvalue weighted by Gasteiger charge is -2.09. The van der Waals surface area contributed by atoms with Crippen LogP contribution in [0.2, 0.25) is 0 Å². The average molecular weight is 245 g/mol. The summed E-state index contributed by atoms with van der Waals surface area (Å²) in [5.74, 6) is 0.978. The molecule has 0 atom stereocenters. The molecular formula is C11H11N5S. The molecule has 0 bridgehead atoms. The first kappa shape index (κ1) is 10.6. The molecule has 0 saturated carbocycles. The molecule has 1 aliphatic heterocycles. The van der Waals surface area contributed by atoms with Crippen molar-refractivity contribution in [1.29, 1.82) is 0 Å². The topological polar surface area (TPSA) is 63.9 Å². The van der Waals surface area contributed by atoms with Crippen molar-refractivity contribution in [2.45, 2.75) is 19.4 Å². The van der Waals surface area contributed by atoms with E-state index in [1.165, 1.54) is 6.33 Å². The first-order chi connectivity index (χ1) is 8.14. The number of hydrogen-bond acceptors (Lipinski definition) is 6. The van der Waals surface area contributed by atoms with Crippen LogP contribution in [0, 0.1) is 0 Å². The molecule has 5 nitrogen and oxygen atoms in total. The van der Waals surface area contributed by atoms with Crippen molar-refractivity contribution in [3.63, 3.8) is 0 Å². The lowest BCUT2D eigenvalue weighted by Crippen LogP contribution is -2.15. The lowest BCUT2D eigenvalue weighted by atomic mass is 10.1. The molecule has 0 amide bonds. The van der Waals surface area contributed by atoms with Gasteiger partial charge in [-0.05, 0) is 13.8 Å². The lowest BCUT2D eigenvalue weighted by molar-refractivity contribution is 0.605. The fourth-order valence-corrected chi connectivity index (χ4v) is 2.70. The van der Waals surface area contributed by atoms with E-state index < -0.39 is 0 Å². The van der Waals surface area contributed by atoms with E-state index in [1.54, 1.807) is 24.2 Å². The molecule has 2 aromatic rings. The van der Waals surface area contributed by atoms with Crippen molar-refractivity contribution in [3.8, 4) is 0 Å². The fourth-order valence-electron chi connectivity index (χ4n) is 1.59. The van der Waals surface area contributed by atoms with Crippen LogP contribution in [-0.4, -0.2) is 36.3 Å². The van der Waals surface area contributed by atoms with Crippen LogP contribution in [0.1, 0.15) is 19.5 Å². The van der Waals surface area contributed by atoms with Gasteiger partial charge in [0.25, 0.3) is 0 Å². The number of nitrogens with zero attached hydrogens (tertiary/aromatic N) is 5. The summed E-state index contributed by atoms with van der Waals surface area (Å²) in [6, 6.07) is 0.